The summed E-state index contributed by atoms with van der Waals surface area (Å²) in [6.07, 6.45) is 18.1. The van der Waals surface area contributed by atoms with Gasteiger partial charge in [-0.25, -0.2) is 0 Å². The van der Waals surface area contributed by atoms with Crippen LogP contribution in [0.2, 0.25) is 0 Å². The first-order chi connectivity index (χ1) is 16.1. The van der Waals surface area contributed by atoms with Crippen LogP contribution in [0.25, 0.3) is 17.7 Å². The van der Waals surface area contributed by atoms with E-state index in [1.807, 2.05) is 0 Å². The van der Waals surface area contributed by atoms with E-state index in [1.54, 1.807) is 12.2 Å². The second kappa shape index (κ2) is 5.40. The number of fused-ring (bicyclic) bond motifs is 2. The molecule has 0 radical (unpaired) electrons. The van der Waals surface area contributed by atoms with E-state index < -0.39 is 16.2 Å². The summed E-state index contributed by atoms with van der Waals surface area (Å²) in [6.45, 7) is 0. The van der Waals surface area contributed by atoms with Crippen LogP contribution in [0.15, 0.2) is 102 Å². The Balaban J connectivity index is 1.51. The lowest BCUT2D eigenvalue weighted by molar-refractivity contribution is -0.120. The zero-order valence-corrected chi connectivity index (χ0v) is 18.0. The molecule has 8 rings (SSSR count). The highest BCUT2D eigenvalue weighted by molar-refractivity contribution is 6.16. The normalized spacial score (nSPS) is 33.6. The number of ketones is 2. The average molecular weight is 424 g/mol. The van der Waals surface area contributed by atoms with Gasteiger partial charge in [-0.05, 0) is 69.4 Å². The van der Waals surface area contributed by atoms with Crippen molar-refractivity contribution >= 4 is 29.3 Å². The molecule has 2 nitrogen and oxygen atoms in total. The van der Waals surface area contributed by atoms with Crippen LogP contribution in [0.4, 0.5) is 0 Å². The monoisotopic (exact) mass is 424 g/mol. The first kappa shape index (κ1) is 17.7. The summed E-state index contributed by atoms with van der Waals surface area (Å²) in [5.74, 6) is 0.235. The van der Waals surface area contributed by atoms with Gasteiger partial charge >= 0.3 is 0 Å². The molecule has 0 aromatic heterocycles. The van der Waals surface area contributed by atoms with Crippen molar-refractivity contribution in [3.8, 4) is 0 Å². The van der Waals surface area contributed by atoms with E-state index in [0.717, 1.165) is 40.7 Å². The van der Waals surface area contributed by atoms with Crippen molar-refractivity contribution in [3.05, 3.63) is 123 Å². The molecule has 1 fully saturated rings. The summed E-state index contributed by atoms with van der Waals surface area (Å²) in [6, 6.07) is 16.9. The minimum absolute atomic E-state index is 0.00186. The number of hydrogen-bond acceptors (Lipinski definition) is 2. The van der Waals surface area contributed by atoms with Gasteiger partial charge in [-0.15, -0.1) is 0 Å². The van der Waals surface area contributed by atoms with Gasteiger partial charge in [-0.1, -0.05) is 78.9 Å². The van der Waals surface area contributed by atoms with E-state index >= 15 is 0 Å². The van der Waals surface area contributed by atoms with Crippen molar-refractivity contribution in [3.63, 3.8) is 0 Å². The molecule has 6 aliphatic carbocycles. The van der Waals surface area contributed by atoms with Crippen LogP contribution >= 0.6 is 0 Å². The molecule has 2 heteroatoms. The summed E-state index contributed by atoms with van der Waals surface area (Å²) in [7, 11) is 0. The van der Waals surface area contributed by atoms with Gasteiger partial charge in [0.15, 0.2) is 11.6 Å². The van der Waals surface area contributed by atoms with Gasteiger partial charge in [0.25, 0.3) is 0 Å². The highest BCUT2D eigenvalue weighted by Crippen LogP contribution is 2.74. The third-order valence-electron chi connectivity index (χ3n) is 8.95. The molecule has 2 aromatic rings. The number of Topliss-reactive ketones (excluding diaryl/α,β-unsaturated/α-hetero) is 1. The fourth-order valence-electron chi connectivity index (χ4n) is 7.78. The average Bonchev–Trinajstić information content (AvgIpc) is 3.20. The third kappa shape index (κ3) is 1.72. The molecule has 0 amide bonds. The quantitative estimate of drug-likeness (QED) is 0.643. The van der Waals surface area contributed by atoms with Gasteiger partial charge in [0.05, 0.1) is 10.8 Å². The Morgan fingerprint density at radius 2 is 1.61 bits per heavy atom. The third-order valence-corrected chi connectivity index (χ3v) is 8.95. The molecule has 0 aliphatic heterocycles. The zero-order chi connectivity index (χ0) is 22.0. The Bertz CT molecular complexity index is 1660. The van der Waals surface area contributed by atoms with Gasteiger partial charge in [-0.2, -0.15) is 0 Å². The van der Waals surface area contributed by atoms with E-state index in [9.17, 15) is 9.59 Å². The molecule has 2 bridgehead atoms. The van der Waals surface area contributed by atoms with Gasteiger partial charge in [0.2, 0.25) is 0 Å². The van der Waals surface area contributed by atoms with Crippen LogP contribution < -0.4 is 10.4 Å². The van der Waals surface area contributed by atoms with Crippen LogP contribution in [-0.2, 0) is 15.0 Å². The van der Waals surface area contributed by atoms with Crippen molar-refractivity contribution in [2.45, 2.75) is 18.3 Å². The smallest absolute Gasteiger partial charge is 0.179 e. The van der Waals surface area contributed by atoms with Crippen LogP contribution in [0.3, 0.4) is 0 Å². The van der Waals surface area contributed by atoms with Crippen molar-refractivity contribution < 1.29 is 9.59 Å². The fourth-order valence-corrected chi connectivity index (χ4v) is 7.78. The molecule has 0 heterocycles. The number of rotatable bonds is 0. The molecule has 1 saturated carbocycles. The largest absolute Gasteiger partial charge is 0.293 e. The number of carbonyl (C=O) groups excluding carboxylic acids is 2. The van der Waals surface area contributed by atoms with E-state index in [4.69, 9.17) is 0 Å². The van der Waals surface area contributed by atoms with Crippen molar-refractivity contribution in [1.29, 1.82) is 0 Å². The Kier molecular flexibility index (Phi) is 2.90. The maximum Gasteiger partial charge on any atom is 0.179 e. The lowest BCUT2D eigenvalue weighted by Gasteiger charge is -2.51. The molecule has 33 heavy (non-hydrogen) atoms. The summed E-state index contributed by atoms with van der Waals surface area (Å²) in [5, 5.41) is 2.39. The second-order valence-electron chi connectivity index (χ2n) is 10.1. The molecule has 0 N–H and O–H groups in total. The topological polar surface area (TPSA) is 34.1 Å². The summed E-state index contributed by atoms with van der Waals surface area (Å²) in [5.41, 5.74) is 4.83. The van der Waals surface area contributed by atoms with Gasteiger partial charge in [0.1, 0.15) is 0 Å². The van der Waals surface area contributed by atoms with Crippen molar-refractivity contribution in [2.75, 3.05) is 0 Å². The molecular weight excluding hydrogens is 404 g/mol. The minimum Gasteiger partial charge on any atom is -0.293 e. The number of allylic oxidation sites excluding steroid dienone is 9. The fraction of sp³-hybridized carbons (Fsp3) is 0.161. The van der Waals surface area contributed by atoms with Crippen molar-refractivity contribution in [1.82, 2.24) is 0 Å². The molecule has 3 atom stereocenters. The minimum atomic E-state index is -0.530. The van der Waals surface area contributed by atoms with Crippen LogP contribution in [-0.4, -0.2) is 11.6 Å². The van der Waals surface area contributed by atoms with Gasteiger partial charge in [-0.3, -0.25) is 9.59 Å². The molecule has 2 aromatic carbocycles. The maximum atomic E-state index is 14.3. The number of hydrogen-bond donors (Lipinski definition) is 0. The number of carbonyl (C=O) groups is 2. The summed E-state index contributed by atoms with van der Waals surface area (Å²) < 4.78 is 0. The van der Waals surface area contributed by atoms with E-state index in [1.165, 1.54) is 16.0 Å². The highest BCUT2D eigenvalue weighted by atomic mass is 16.1. The summed E-state index contributed by atoms with van der Waals surface area (Å²) >= 11 is 0. The molecule has 3 unspecified atom stereocenters. The molecule has 6 aliphatic rings. The molecular formula is C31H20O2. The van der Waals surface area contributed by atoms with Crippen molar-refractivity contribution in [2.24, 2.45) is 10.8 Å². The van der Waals surface area contributed by atoms with Gasteiger partial charge in [0, 0.05) is 11.0 Å². The summed E-state index contributed by atoms with van der Waals surface area (Å²) in [4.78, 5) is 27.0. The zero-order valence-electron chi connectivity index (χ0n) is 18.0. The Hall–Kier alpha value is -3.78. The van der Waals surface area contributed by atoms with E-state index in [2.05, 4.69) is 85.0 Å². The van der Waals surface area contributed by atoms with Crippen LogP contribution in [0.1, 0.15) is 24.0 Å². The lowest BCUT2D eigenvalue weighted by atomic mass is 9.49. The highest BCUT2D eigenvalue weighted by Gasteiger charge is 2.72. The first-order valence-corrected chi connectivity index (χ1v) is 11.6. The van der Waals surface area contributed by atoms with Gasteiger partial charge < -0.3 is 0 Å². The molecule has 0 saturated heterocycles. The second-order valence-corrected chi connectivity index (χ2v) is 10.1. The number of benzene rings is 2. The lowest BCUT2D eigenvalue weighted by Crippen LogP contribution is -2.49. The molecule has 3 spiro atoms. The first-order valence-electron chi connectivity index (χ1n) is 11.6. The van der Waals surface area contributed by atoms with E-state index in [0.29, 0.717) is 0 Å². The van der Waals surface area contributed by atoms with E-state index in [-0.39, 0.29) is 11.6 Å². The Morgan fingerprint density at radius 1 is 0.788 bits per heavy atom. The predicted octanol–water partition coefficient (Wildman–Crippen LogP) is 3.88. The molecule has 156 valence electrons. The van der Waals surface area contributed by atoms with Crippen LogP contribution in [0, 0.1) is 10.8 Å². The Labute approximate surface area is 191 Å². The SMILES string of the molecule is O=C1C=C2C=Cc3ccccc3C23C(=C1)C=C1C(=O)C24CC=c5ccccc5=C2C=CC13C4. The standard InChI is InChI=1S/C31H20O2/c32-23-15-21-10-9-20-6-2-4-8-25(20)31(21)22(16-23)17-27-28(33)29-13-11-19-5-1-3-7-24(19)26(29)12-14-30(27,31)18-29/h1-12,14-17H,13,18H2. The maximum absolute atomic E-state index is 14.3. The predicted molar refractivity (Wildman–Crippen MR) is 128 cm³/mol. The van der Waals surface area contributed by atoms with Crippen LogP contribution in [0.5, 0.6) is 0 Å². The Morgan fingerprint density at radius 3 is 2.55 bits per heavy atom.